The number of hydrogen-bond donors (Lipinski definition) is 1. The zero-order valence-corrected chi connectivity index (χ0v) is 12.1. The maximum absolute atomic E-state index is 3.59. The van der Waals surface area contributed by atoms with E-state index in [-0.39, 0.29) is 0 Å². The number of hydrogen-bond acceptors (Lipinski definition) is 4. The average molecular weight is 273 g/mol. The fourth-order valence-electron chi connectivity index (χ4n) is 1.72. The predicted molar refractivity (Wildman–Crippen MR) is 79.0 cm³/mol. The van der Waals surface area contributed by atoms with Gasteiger partial charge in [-0.25, -0.2) is 0 Å². The van der Waals surface area contributed by atoms with E-state index in [0.717, 1.165) is 18.3 Å². The summed E-state index contributed by atoms with van der Waals surface area (Å²) in [5.41, 5.74) is 0. The van der Waals surface area contributed by atoms with E-state index in [4.69, 9.17) is 0 Å². The van der Waals surface area contributed by atoms with Crippen molar-refractivity contribution in [3.8, 4) is 0 Å². The van der Waals surface area contributed by atoms with Crippen LogP contribution in [0.1, 0.15) is 16.7 Å². The summed E-state index contributed by atoms with van der Waals surface area (Å²) in [6.45, 7) is 4.43. The molecular formula is C12H19NS3. The van der Waals surface area contributed by atoms with Crippen LogP contribution in [0.5, 0.6) is 0 Å². The first-order valence-electron chi connectivity index (χ1n) is 5.86. The Balaban J connectivity index is 1.66. The Kier molecular flexibility index (Phi) is 5.56. The van der Waals surface area contributed by atoms with E-state index in [0.29, 0.717) is 0 Å². The molecule has 1 aromatic heterocycles. The third kappa shape index (κ3) is 3.99. The van der Waals surface area contributed by atoms with E-state index >= 15 is 0 Å². The normalized spacial score (nSPS) is 21.2. The minimum absolute atomic E-state index is 0.823. The van der Waals surface area contributed by atoms with Gasteiger partial charge in [0.1, 0.15) is 0 Å². The second-order valence-corrected chi connectivity index (χ2v) is 7.73. The fourth-order valence-corrected chi connectivity index (χ4v) is 5.29. The first-order chi connectivity index (χ1) is 7.88. The number of thiophene rings is 1. The molecule has 1 aromatic rings. The maximum atomic E-state index is 3.59. The highest BCUT2D eigenvalue weighted by atomic mass is 32.2. The Morgan fingerprint density at radius 2 is 2.19 bits per heavy atom. The molecular weight excluding hydrogens is 254 g/mol. The molecule has 0 aromatic carbocycles. The van der Waals surface area contributed by atoms with Crippen molar-refractivity contribution in [3.63, 3.8) is 0 Å². The van der Waals surface area contributed by atoms with Gasteiger partial charge >= 0.3 is 0 Å². The van der Waals surface area contributed by atoms with E-state index in [1.807, 2.05) is 11.3 Å². The SMILES string of the molecule is CCc1ccc(CNCC2CSCCS2)s1. The fraction of sp³-hybridized carbons (Fsp3) is 0.667. The summed E-state index contributed by atoms with van der Waals surface area (Å²) in [6.07, 6.45) is 1.17. The number of nitrogens with one attached hydrogen (secondary N) is 1. The molecule has 1 unspecified atom stereocenters. The van der Waals surface area contributed by atoms with Crippen molar-refractivity contribution in [1.82, 2.24) is 5.32 Å². The Labute approximate surface area is 111 Å². The average Bonchev–Trinajstić information content (AvgIpc) is 2.78. The maximum Gasteiger partial charge on any atom is 0.0300 e. The van der Waals surface area contributed by atoms with Crippen LogP contribution in [0.25, 0.3) is 0 Å². The van der Waals surface area contributed by atoms with Crippen LogP contribution in [0.3, 0.4) is 0 Å². The van der Waals surface area contributed by atoms with Crippen LogP contribution in [0.2, 0.25) is 0 Å². The van der Waals surface area contributed by atoms with Crippen molar-refractivity contribution < 1.29 is 0 Å². The van der Waals surface area contributed by atoms with E-state index in [2.05, 4.69) is 47.9 Å². The third-order valence-electron chi connectivity index (χ3n) is 2.62. The van der Waals surface area contributed by atoms with Gasteiger partial charge in [0.15, 0.2) is 0 Å². The van der Waals surface area contributed by atoms with Crippen molar-refractivity contribution in [2.45, 2.75) is 25.1 Å². The van der Waals surface area contributed by atoms with Gasteiger partial charge in [0.25, 0.3) is 0 Å². The quantitative estimate of drug-likeness (QED) is 0.884. The molecule has 0 radical (unpaired) electrons. The zero-order valence-electron chi connectivity index (χ0n) is 9.70. The molecule has 0 spiro atoms. The predicted octanol–water partition coefficient (Wildman–Crippen LogP) is 3.25. The van der Waals surface area contributed by atoms with E-state index in [9.17, 15) is 0 Å². The Hall–Kier alpha value is 0.360. The molecule has 0 amide bonds. The molecule has 1 saturated heterocycles. The highest BCUT2D eigenvalue weighted by Gasteiger charge is 2.13. The molecule has 2 heterocycles. The molecule has 1 nitrogen and oxygen atoms in total. The Morgan fingerprint density at radius 3 is 2.88 bits per heavy atom. The van der Waals surface area contributed by atoms with Crippen molar-refractivity contribution in [3.05, 3.63) is 21.9 Å². The number of aryl methyl sites for hydroxylation is 1. The van der Waals surface area contributed by atoms with Crippen molar-refractivity contribution in [1.29, 1.82) is 0 Å². The van der Waals surface area contributed by atoms with Gasteiger partial charge in [-0.05, 0) is 18.6 Å². The molecule has 0 bridgehead atoms. The molecule has 1 fully saturated rings. The second-order valence-electron chi connectivity index (χ2n) is 3.92. The summed E-state index contributed by atoms with van der Waals surface area (Å²) in [5.74, 6) is 3.99. The van der Waals surface area contributed by atoms with Crippen molar-refractivity contribution in [2.75, 3.05) is 23.8 Å². The van der Waals surface area contributed by atoms with Crippen LogP contribution in [0.15, 0.2) is 12.1 Å². The van der Waals surface area contributed by atoms with E-state index in [1.165, 1.54) is 33.4 Å². The van der Waals surface area contributed by atoms with Gasteiger partial charge in [0.05, 0.1) is 0 Å². The van der Waals surface area contributed by atoms with Crippen molar-refractivity contribution >= 4 is 34.9 Å². The molecule has 0 saturated carbocycles. The molecule has 90 valence electrons. The molecule has 0 aliphatic carbocycles. The number of thioether (sulfide) groups is 2. The van der Waals surface area contributed by atoms with Crippen LogP contribution < -0.4 is 5.32 Å². The lowest BCUT2D eigenvalue weighted by atomic mass is 10.3. The van der Waals surface area contributed by atoms with Gasteiger partial charge in [-0.1, -0.05) is 6.92 Å². The minimum atomic E-state index is 0.823. The van der Waals surface area contributed by atoms with Crippen LogP contribution in [0.4, 0.5) is 0 Å². The van der Waals surface area contributed by atoms with Gasteiger partial charge in [-0.2, -0.15) is 23.5 Å². The molecule has 4 heteroatoms. The Morgan fingerprint density at radius 1 is 1.31 bits per heavy atom. The molecule has 1 atom stereocenters. The van der Waals surface area contributed by atoms with Crippen LogP contribution in [0, 0.1) is 0 Å². The summed E-state index contributed by atoms with van der Waals surface area (Å²) >= 11 is 6.17. The molecule has 16 heavy (non-hydrogen) atoms. The van der Waals surface area contributed by atoms with Gasteiger partial charge in [-0.15, -0.1) is 11.3 Å². The first kappa shape index (κ1) is 12.8. The molecule has 1 aliphatic heterocycles. The molecule has 1 N–H and O–H groups in total. The zero-order chi connectivity index (χ0) is 11.2. The minimum Gasteiger partial charge on any atom is -0.311 e. The van der Waals surface area contributed by atoms with Crippen molar-refractivity contribution in [2.24, 2.45) is 0 Å². The molecule has 1 aliphatic rings. The number of rotatable bonds is 5. The smallest absolute Gasteiger partial charge is 0.0300 e. The Bertz CT molecular complexity index is 305. The van der Waals surface area contributed by atoms with Gasteiger partial charge in [0, 0.05) is 45.4 Å². The lowest BCUT2D eigenvalue weighted by Gasteiger charge is -2.20. The second kappa shape index (κ2) is 6.94. The van der Waals surface area contributed by atoms with Crippen LogP contribution >= 0.6 is 34.9 Å². The standard InChI is InChI=1S/C12H19NS3/c1-2-10-3-4-11(16-10)7-13-8-12-9-14-5-6-15-12/h3-4,12-13H,2,5-9H2,1H3. The summed E-state index contributed by atoms with van der Waals surface area (Å²) in [7, 11) is 0. The molecule has 2 rings (SSSR count). The topological polar surface area (TPSA) is 12.0 Å². The van der Waals surface area contributed by atoms with Gasteiger partial charge < -0.3 is 5.32 Å². The van der Waals surface area contributed by atoms with Crippen LogP contribution in [-0.2, 0) is 13.0 Å². The largest absolute Gasteiger partial charge is 0.311 e. The highest BCUT2D eigenvalue weighted by molar-refractivity contribution is 8.06. The summed E-state index contributed by atoms with van der Waals surface area (Å²) < 4.78 is 0. The lowest BCUT2D eigenvalue weighted by molar-refractivity contribution is 0.693. The van der Waals surface area contributed by atoms with E-state index < -0.39 is 0 Å². The summed E-state index contributed by atoms with van der Waals surface area (Å²) in [5, 5.41) is 4.41. The summed E-state index contributed by atoms with van der Waals surface area (Å²) in [4.78, 5) is 2.98. The lowest BCUT2D eigenvalue weighted by Crippen LogP contribution is -2.28. The first-order valence-corrected chi connectivity index (χ1v) is 8.88. The van der Waals surface area contributed by atoms with E-state index in [1.54, 1.807) is 0 Å². The van der Waals surface area contributed by atoms with Gasteiger partial charge in [0.2, 0.25) is 0 Å². The van der Waals surface area contributed by atoms with Gasteiger partial charge in [-0.3, -0.25) is 0 Å². The summed E-state index contributed by atoms with van der Waals surface area (Å²) in [6, 6.07) is 4.52. The van der Waals surface area contributed by atoms with Crippen LogP contribution in [-0.4, -0.2) is 29.1 Å². The monoisotopic (exact) mass is 273 g/mol. The highest BCUT2D eigenvalue weighted by Crippen LogP contribution is 2.23. The third-order valence-corrected chi connectivity index (χ3v) is 6.70.